The fraction of sp³-hybridized carbons (Fsp3) is 0.400. The summed E-state index contributed by atoms with van der Waals surface area (Å²) in [6.45, 7) is 0.989. The molecule has 0 saturated carbocycles. The van der Waals surface area contributed by atoms with Crippen molar-refractivity contribution >= 4 is 33.7 Å². The number of pyridine rings is 1. The highest BCUT2D eigenvalue weighted by Gasteiger charge is 2.33. The average Bonchev–Trinajstić information content (AvgIpc) is 3.02. The van der Waals surface area contributed by atoms with Gasteiger partial charge in [-0.2, -0.15) is 0 Å². The molecule has 126 valence electrons. The first kappa shape index (κ1) is 15.7. The molecule has 0 aromatic carbocycles. The van der Waals surface area contributed by atoms with Gasteiger partial charge in [0.25, 0.3) is 0 Å². The van der Waals surface area contributed by atoms with Crippen LogP contribution in [0.2, 0.25) is 0 Å². The van der Waals surface area contributed by atoms with Crippen molar-refractivity contribution in [1.82, 2.24) is 14.3 Å². The first-order valence-electron chi connectivity index (χ1n) is 7.91. The Kier molecular flexibility index (Phi) is 3.67. The van der Waals surface area contributed by atoms with E-state index in [-0.39, 0.29) is 5.92 Å². The molecule has 4 rings (SSSR count). The standard InChI is InChI=1S/C15H18BN3O4S/c1-24(21,22)19-6-3-10(4-7-19)12-8-16(20)23-13-9-18-15-11(14(12)13)2-5-17-15/h2,5,8-10,20H,3-4,6-7H2,1H3,(H,17,18). The maximum absolute atomic E-state index is 11.7. The number of hydrogen-bond acceptors (Lipinski definition) is 5. The summed E-state index contributed by atoms with van der Waals surface area (Å²) in [5, 5.41) is 11.0. The zero-order chi connectivity index (χ0) is 16.9. The fourth-order valence-corrected chi connectivity index (χ4v) is 4.49. The summed E-state index contributed by atoms with van der Waals surface area (Å²) in [4.78, 5) is 7.39. The lowest BCUT2D eigenvalue weighted by atomic mass is 9.74. The molecule has 0 aliphatic carbocycles. The smallest absolute Gasteiger partial charge is 0.531 e. The molecule has 2 aromatic rings. The number of aromatic nitrogens is 2. The van der Waals surface area contributed by atoms with E-state index in [4.69, 9.17) is 4.65 Å². The van der Waals surface area contributed by atoms with Crippen molar-refractivity contribution in [3.63, 3.8) is 0 Å². The zero-order valence-electron chi connectivity index (χ0n) is 13.3. The van der Waals surface area contributed by atoms with Gasteiger partial charge in [-0.15, -0.1) is 0 Å². The lowest BCUT2D eigenvalue weighted by molar-refractivity contribution is 0.312. The molecule has 1 fully saturated rings. The van der Waals surface area contributed by atoms with Crippen molar-refractivity contribution in [3.8, 4) is 5.75 Å². The minimum absolute atomic E-state index is 0.181. The van der Waals surface area contributed by atoms with Crippen LogP contribution in [0.3, 0.4) is 0 Å². The van der Waals surface area contributed by atoms with E-state index in [0.717, 1.165) is 35.0 Å². The summed E-state index contributed by atoms with van der Waals surface area (Å²) in [5.74, 6) is 2.48. The molecule has 4 heterocycles. The van der Waals surface area contributed by atoms with Crippen LogP contribution in [0.5, 0.6) is 5.75 Å². The predicted octanol–water partition coefficient (Wildman–Crippen LogP) is 1.03. The maximum Gasteiger partial charge on any atom is 0.552 e. The van der Waals surface area contributed by atoms with E-state index >= 15 is 0 Å². The summed E-state index contributed by atoms with van der Waals surface area (Å²) in [5.41, 5.74) is 2.74. The van der Waals surface area contributed by atoms with Crippen LogP contribution in [0.1, 0.15) is 18.4 Å². The average molecular weight is 347 g/mol. The van der Waals surface area contributed by atoms with Gasteiger partial charge in [0.05, 0.1) is 12.5 Å². The van der Waals surface area contributed by atoms with Gasteiger partial charge in [-0.3, -0.25) is 0 Å². The van der Waals surface area contributed by atoms with Crippen LogP contribution >= 0.6 is 0 Å². The van der Waals surface area contributed by atoms with E-state index in [9.17, 15) is 13.4 Å². The van der Waals surface area contributed by atoms with E-state index < -0.39 is 17.1 Å². The molecule has 0 amide bonds. The Hall–Kier alpha value is -1.84. The summed E-state index contributed by atoms with van der Waals surface area (Å²) < 4.78 is 30.4. The quantitative estimate of drug-likeness (QED) is 0.791. The van der Waals surface area contributed by atoms with Gasteiger partial charge in [0.2, 0.25) is 10.0 Å². The highest BCUT2D eigenvalue weighted by Crippen LogP contribution is 2.42. The van der Waals surface area contributed by atoms with Crippen LogP contribution in [-0.4, -0.2) is 54.2 Å². The second-order valence-corrected chi connectivity index (χ2v) is 8.29. The number of hydrogen-bond donors (Lipinski definition) is 2. The molecule has 9 heteroatoms. The Morgan fingerprint density at radius 3 is 2.88 bits per heavy atom. The van der Waals surface area contributed by atoms with Gasteiger partial charge >= 0.3 is 7.12 Å². The highest BCUT2D eigenvalue weighted by molar-refractivity contribution is 7.88. The summed E-state index contributed by atoms with van der Waals surface area (Å²) in [6.07, 6.45) is 6.14. The van der Waals surface area contributed by atoms with Crippen LogP contribution in [0, 0.1) is 5.92 Å². The largest absolute Gasteiger partial charge is 0.552 e. The molecule has 24 heavy (non-hydrogen) atoms. The number of allylic oxidation sites excluding steroid dienone is 1. The molecule has 0 unspecified atom stereocenters. The monoisotopic (exact) mass is 347 g/mol. The number of H-pyrrole nitrogens is 1. The van der Waals surface area contributed by atoms with Gasteiger partial charge in [-0.05, 0) is 36.4 Å². The van der Waals surface area contributed by atoms with Gasteiger partial charge in [0.15, 0.2) is 0 Å². The van der Waals surface area contributed by atoms with E-state index in [1.807, 2.05) is 12.3 Å². The van der Waals surface area contributed by atoms with Crippen molar-refractivity contribution < 1.29 is 18.1 Å². The van der Waals surface area contributed by atoms with Crippen molar-refractivity contribution in [2.24, 2.45) is 5.92 Å². The van der Waals surface area contributed by atoms with Crippen LogP contribution in [-0.2, 0) is 10.0 Å². The molecular formula is C15H18BN3O4S. The number of sulfonamides is 1. The van der Waals surface area contributed by atoms with E-state index in [1.165, 1.54) is 10.6 Å². The minimum Gasteiger partial charge on any atom is -0.531 e. The van der Waals surface area contributed by atoms with Gasteiger partial charge in [-0.1, -0.05) is 0 Å². The maximum atomic E-state index is 11.7. The second kappa shape index (κ2) is 5.61. The topological polar surface area (TPSA) is 95.5 Å². The van der Waals surface area contributed by atoms with Crippen molar-refractivity contribution in [2.75, 3.05) is 19.3 Å². The minimum atomic E-state index is -3.15. The number of nitrogens with zero attached hydrogens (tertiary/aromatic N) is 2. The third-order valence-electron chi connectivity index (χ3n) is 4.77. The summed E-state index contributed by atoms with van der Waals surface area (Å²) in [7, 11) is -4.15. The Labute approximate surface area is 140 Å². The molecule has 0 atom stereocenters. The Morgan fingerprint density at radius 1 is 1.42 bits per heavy atom. The van der Waals surface area contributed by atoms with Gasteiger partial charge in [0, 0.05) is 30.2 Å². The summed E-state index contributed by atoms with van der Waals surface area (Å²) in [6, 6.07) is 1.95. The number of aromatic amines is 1. The predicted molar refractivity (Wildman–Crippen MR) is 91.8 cm³/mol. The molecule has 2 aromatic heterocycles. The Bertz CT molecular complexity index is 916. The third kappa shape index (κ3) is 2.62. The Morgan fingerprint density at radius 2 is 2.17 bits per heavy atom. The van der Waals surface area contributed by atoms with E-state index in [2.05, 4.69) is 9.97 Å². The van der Waals surface area contributed by atoms with Crippen molar-refractivity contribution in [2.45, 2.75) is 12.8 Å². The first-order valence-corrected chi connectivity index (χ1v) is 9.76. The molecule has 0 bridgehead atoms. The second-order valence-electron chi connectivity index (χ2n) is 6.30. The van der Waals surface area contributed by atoms with E-state index in [0.29, 0.717) is 18.8 Å². The van der Waals surface area contributed by atoms with Gasteiger partial charge in [-0.25, -0.2) is 17.7 Å². The fourth-order valence-electron chi connectivity index (χ4n) is 3.62. The summed E-state index contributed by atoms with van der Waals surface area (Å²) >= 11 is 0. The molecule has 7 nitrogen and oxygen atoms in total. The van der Waals surface area contributed by atoms with Crippen molar-refractivity contribution in [3.05, 3.63) is 30.0 Å². The molecular weight excluding hydrogens is 329 g/mol. The van der Waals surface area contributed by atoms with Crippen LogP contribution in [0.4, 0.5) is 0 Å². The molecule has 2 N–H and O–H groups in total. The molecule has 1 saturated heterocycles. The number of nitrogens with one attached hydrogen (secondary N) is 1. The first-order chi connectivity index (χ1) is 11.4. The number of fused-ring (bicyclic) bond motifs is 3. The lowest BCUT2D eigenvalue weighted by Gasteiger charge is -2.33. The number of rotatable bonds is 2. The molecule has 0 spiro atoms. The SMILES string of the molecule is CS(=O)(=O)N1CCC(C2=CB(O)Oc3cnc4[nH]ccc4c32)CC1. The van der Waals surface area contributed by atoms with Crippen LogP contribution in [0.25, 0.3) is 16.6 Å². The van der Waals surface area contributed by atoms with Crippen LogP contribution in [0.15, 0.2) is 24.4 Å². The van der Waals surface area contributed by atoms with E-state index in [1.54, 1.807) is 12.2 Å². The molecule has 2 aliphatic heterocycles. The number of piperidine rings is 1. The van der Waals surface area contributed by atoms with Gasteiger partial charge in [0.1, 0.15) is 11.4 Å². The van der Waals surface area contributed by atoms with Crippen LogP contribution < -0.4 is 4.65 Å². The lowest BCUT2D eigenvalue weighted by Crippen LogP contribution is -2.38. The van der Waals surface area contributed by atoms with Crippen molar-refractivity contribution in [1.29, 1.82) is 0 Å². The third-order valence-corrected chi connectivity index (χ3v) is 6.08. The highest BCUT2D eigenvalue weighted by atomic mass is 32.2. The zero-order valence-corrected chi connectivity index (χ0v) is 14.1. The normalized spacial score (nSPS) is 19.9. The molecule has 2 aliphatic rings. The molecule has 0 radical (unpaired) electrons. The Balaban J connectivity index is 1.70. The van der Waals surface area contributed by atoms with Gasteiger partial charge < -0.3 is 14.7 Å².